The van der Waals surface area contributed by atoms with E-state index in [1.54, 1.807) is 21.3 Å². The minimum atomic E-state index is -0.487. The van der Waals surface area contributed by atoms with Gasteiger partial charge < -0.3 is 56.3 Å². The molecule has 6 aromatic rings. The number of hydrogen-bond donors (Lipinski definition) is 0. The average Bonchev–Trinajstić information content (AvgIpc) is 3.91. The van der Waals surface area contributed by atoms with Gasteiger partial charge in [0.05, 0.1) is 54.9 Å². The van der Waals surface area contributed by atoms with Crippen LogP contribution < -0.4 is 44.8 Å². The summed E-state index contributed by atoms with van der Waals surface area (Å²) in [5.74, 6) is 3.80. The maximum Gasteiger partial charge on any atom is 0.494 e. The van der Waals surface area contributed by atoms with Gasteiger partial charge in [-0.15, -0.1) is 0 Å². The second kappa shape index (κ2) is 20.9. The number of rotatable bonds is 15. The zero-order valence-corrected chi connectivity index (χ0v) is 48.3. The Labute approximate surface area is 463 Å². The lowest BCUT2D eigenvalue weighted by Gasteiger charge is -2.32. The highest BCUT2D eigenvalue weighted by molar-refractivity contribution is 6.63. The van der Waals surface area contributed by atoms with Gasteiger partial charge in [0, 0.05) is 0 Å². The summed E-state index contributed by atoms with van der Waals surface area (Å²) in [6.07, 6.45) is 1.76. The molecule has 78 heavy (non-hydrogen) atoms. The van der Waals surface area contributed by atoms with Crippen molar-refractivity contribution >= 4 is 37.7 Å². The lowest BCUT2D eigenvalue weighted by molar-refractivity contribution is 0.00578. The van der Waals surface area contributed by atoms with Crippen LogP contribution in [0.1, 0.15) is 133 Å². The van der Waals surface area contributed by atoms with Crippen LogP contribution in [0.5, 0.6) is 34.5 Å². The standard InChI is InChI=1S/C63H75B3O12/c1-58(2)59(3,4)74-64(73-58)49-22-16-19-40(25-49)37-70-55-34-46-28-44-32-53(68-14)57(72-39-42-21-18-24-51(27-42)66-77-62(9,10)63(11,12)78-66)36-48(44)30-45-33-54(69-15)56(35-47(45)29-43(46)31-52(55)67-13)71-38-41-20-17-23-50(26-41)65-75-60(5,6)61(7,8)76-65/h16-27,31-36H,28-30,37-39H2,1-15H3. The second-order valence-electron chi connectivity index (χ2n) is 24.2. The van der Waals surface area contributed by atoms with Crippen molar-refractivity contribution < 1.29 is 56.3 Å². The molecule has 1 aliphatic carbocycles. The predicted molar refractivity (Wildman–Crippen MR) is 307 cm³/mol. The number of ether oxygens (including phenoxy) is 6. The van der Waals surface area contributed by atoms with Gasteiger partial charge in [0.1, 0.15) is 19.8 Å². The molecule has 3 fully saturated rings. The van der Waals surface area contributed by atoms with Gasteiger partial charge in [-0.2, -0.15) is 0 Å². The smallest absolute Gasteiger partial charge is 0.493 e. The summed E-state index contributed by atoms with van der Waals surface area (Å²) < 4.78 is 76.9. The molecule has 0 amide bonds. The van der Waals surface area contributed by atoms with Gasteiger partial charge in [-0.1, -0.05) is 72.8 Å². The fourth-order valence-electron chi connectivity index (χ4n) is 10.3. The molecule has 0 N–H and O–H groups in total. The third-order valence-electron chi connectivity index (χ3n) is 17.2. The van der Waals surface area contributed by atoms with Crippen LogP contribution in [0.2, 0.25) is 0 Å². The fraction of sp³-hybridized carbons (Fsp3) is 0.429. The van der Waals surface area contributed by atoms with E-state index in [2.05, 4.69) is 156 Å². The Hall–Kier alpha value is -5.93. The Morgan fingerprint density at radius 3 is 0.756 bits per heavy atom. The molecule has 0 bridgehead atoms. The molecule has 0 unspecified atom stereocenters. The number of benzene rings is 6. The van der Waals surface area contributed by atoms with E-state index in [-0.39, 0.29) is 0 Å². The largest absolute Gasteiger partial charge is 0.494 e. The van der Waals surface area contributed by atoms with Gasteiger partial charge in [-0.3, -0.25) is 0 Å². The maximum atomic E-state index is 6.70. The van der Waals surface area contributed by atoms with Crippen LogP contribution in [-0.2, 0) is 67.0 Å². The zero-order chi connectivity index (χ0) is 55.6. The van der Waals surface area contributed by atoms with Crippen LogP contribution in [0.25, 0.3) is 0 Å². The summed E-state index contributed by atoms with van der Waals surface area (Å²) in [6.45, 7) is 25.7. The summed E-state index contributed by atoms with van der Waals surface area (Å²) >= 11 is 0. The summed E-state index contributed by atoms with van der Waals surface area (Å²) in [4.78, 5) is 0. The molecular weight excluding hydrogens is 981 g/mol. The molecule has 10 rings (SSSR count). The van der Waals surface area contributed by atoms with Crippen LogP contribution in [0.4, 0.5) is 0 Å². The number of hydrogen-bond acceptors (Lipinski definition) is 12. The Kier molecular flexibility index (Phi) is 14.9. The van der Waals surface area contributed by atoms with Crippen molar-refractivity contribution in [2.45, 2.75) is 156 Å². The van der Waals surface area contributed by atoms with E-state index in [0.29, 0.717) is 73.6 Å². The highest BCUT2D eigenvalue weighted by Crippen LogP contribution is 2.43. The highest BCUT2D eigenvalue weighted by atomic mass is 16.7. The molecule has 3 saturated heterocycles. The Morgan fingerprint density at radius 2 is 0.538 bits per heavy atom. The molecule has 0 aromatic heterocycles. The summed E-state index contributed by atoms with van der Waals surface area (Å²) in [5, 5.41) is 0. The molecule has 0 saturated carbocycles. The number of fused-ring (bicyclic) bond motifs is 3. The van der Waals surface area contributed by atoms with Gasteiger partial charge in [0.25, 0.3) is 0 Å². The van der Waals surface area contributed by atoms with Crippen LogP contribution >= 0.6 is 0 Å². The van der Waals surface area contributed by atoms with E-state index in [4.69, 9.17) is 56.3 Å². The first-order valence-corrected chi connectivity index (χ1v) is 27.2. The minimum absolute atomic E-state index is 0.302. The normalized spacial score (nSPS) is 19.2. The van der Waals surface area contributed by atoms with Gasteiger partial charge in [0.15, 0.2) is 34.5 Å². The monoisotopic (exact) mass is 1060 g/mol. The molecule has 4 aliphatic rings. The first kappa shape index (κ1) is 55.4. The Bertz CT molecular complexity index is 2820. The molecule has 0 spiro atoms. The van der Waals surface area contributed by atoms with Gasteiger partial charge in [0.2, 0.25) is 0 Å². The van der Waals surface area contributed by atoms with Crippen LogP contribution in [0.15, 0.2) is 109 Å². The third kappa shape index (κ3) is 11.0. The van der Waals surface area contributed by atoms with E-state index >= 15 is 0 Å². The first-order chi connectivity index (χ1) is 36.9. The molecule has 15 heteroatoms. The quantitative estimate of drug-likeness (QED) is 0.0912. The lowest BCUT2D eigenvalue weighted by Crippen LogP contribution is -2.41. The van der Waals surface area contributed by atoms with Gasteiger partial charge >= 0.3 is 21.4 Å². The molecule has 6 aromatic carbocycles. The van der Waals surface area contributed by atoms with Crippen LogP contribution in [-0.4, -0.2) is 76.3 Å². The topological polar surface area (TPSA) is 111 Å². The number of methoxy groups -OCH3 is 3. The van der Waals surface area contributed by atoms with Crippen molar-refractivity contribution in [3.05, 3.63) is 159 Å². The minimum Gasteiger partial charge on any atom is -0.493 e. The maximum absolute atomic E-state index is 6.70. The molecular formula is C63H75B3O12. The van der Waals surface area contributed by atoms with Crippen molar-refractivity contribution in [1.82, 2.24) is 0 Å². The average molecular weight is 1060 g/mol. The predicted octanol–water partition coefficient (Wildman–Crippen LogP) is 10.4. The molecule has 0 radical (unpaired) electrons. The first-order valence-electron chi connectivity index (χ1n) is 27.2. The second-order valence-corrected chi connectivity index (χ2v) is 24.2. The van der Waals surface area contributed by atoms with Crippen LogP contribution in [0, 0.1) is 0 Å². The molecule has 0 atom stereocenters. The summed E-state index contributed by atoms with van der Waals surface area (Å²) in [7, 11) is 3.59. The van der Waals surface area contributed by atoms with E-state index in [9.17, 15) is 0 Å². The van der Waals surface area contributed by atoms with E-state index < -0.39 is 55.0 Å². The van der Waals surface area contributed by atoms with E-state index in [0.717, 1.165) is 66.5 Å². The van der Waals surface area contributed by atoms with Gasteiger partial charge in [-0.25, -0.2) is 0 Å². The highest BCUT2D eigenvalue weighted by Gasteiger charge is 2.54. The lowest BCUT2D eigenvalue weighted by atomic mass is 9.78. The van der Waals surface area contributed by atoms with Crippen molar-refractivity contribution in [2.75, 3.05) is 21.3 Å². The molecule has 3 aliphatic heterocycles. The Morgan fingerprint density at radius 1 is 0.321 bits per heavy atom. The SMILES string of the molecule is COc1cc2c(cc1OCc1cccc(B3OC(C)(C)C(C)(C)O3)c1)Cc1cc(OC)c(OCc3cccc(B4OC(C)(C)C(C)(C)O4)c3)cc1Cc1cc(OC)c(OCc3cccc(B4OC(C)(C)C(C)(C)O4)c3)cc1C2. The van der Waals surface area contributed by atoms with E-state index in [1.165, 1.54) is 0 Å². The van der Waals surface area contributed by atoms with Crippen molar-refractivity contribution in [1.29, 1.82) is 0 Å². The molecule has 3 heterocycles. The molecule has 12 nitrogen and oxygen atoms in total. The summed E-state index contributed by atoms with van der Waals surface area (Å²) in [6, 6.07) is 37.3. The van der Waals surface area contributed by atoms with Crippen LogP contribution in [0.3, 0.4) is 0 Å². The zero-order valence-electron chi connectivity index (χ0n) is 48.3. The summed E-state index contributed by atoms with van der Waals surface area (Å²) in [5.41, 5.74) is 9.52. The van der Waals surface area contributed by atoms with Crippen molar-refractivity contribution in [3.63, 3.8) is 0 Å². The van der Waals surface area contributed by atoms with E-state index in [1.807, 2.05) is 36.4 Å². The molecule has 408 valence electrons. The van der Waals surface area contributed by atoms with Crippen molar-refractivity contribution in [3.8, 4) is 34.5 Å². The van der Waals surface area contributed by atoms with Gasteiger partial charge in [-0.05, 0) is 205 Å². The van der Waals surface area contributed by atoms with Crippen molar-refractivity contribution in [2.24, 2.45) is 0 Å². The third-order valence-corrected chi connectivity index (χ3v) is 17.2. The fourth-order valence-corrected chi connectivity index (χ4v) is 10.3. The Balaban J connectivity index is 0.978.